The molecule has 6 nitrogen and oxygen atoms in total. The maximum Gasteiger partial charge on any atom is 0.213 e. The van der Waals surface area contributed by atoms with Crippen LogP contribution in [0, 0.1) is 0 Å². The molecule has 0 atom stereocenters. The second kappa shape index (κ2) is 6.31. The van der Waals surface area contributed by atoms with E-state index < -0.39 is 10.0 Å². The molecule has 0 spiro atoms. The maximum absolute atomic E-state index is 11.9. The monoisotopic (exact) mass is 338 g/mol. The first kappa shape index (κ1) is 15.4. The Balaban J connectivity index is 1.69. The lowest BCUT2D eigenvalue weighted by atomic mass is 10.2. The standard InChI is InChI=1S/C14H18N4O2S2/c1-2-22(19,20)18-10-8-17(9-11-18)14-15-13(16-21-14)12-6-4-3-5-7-12/h3-7H,2,8-11H2,1H3. The van der Waals surface area contributed by atoms with E-state index in [1.165, 1.54) is 11.5 Å². The highest BCUT2D eigenvalue weighted by atomic mass is 32.2. The van der Waals surface area contributed by atoms with Gasteiger partial charge in [0.1, 0.15) is 0 Å². The molecule has 2 aromatic rings. The summed E-state index contributed by atoms with van der Waals surface area (Å²) in [5, 5.41) is 0.854. The van der Waals surface area contributed by atoms with E-state index in [1.807, 2.05) is 30.3 Å². The van der Waals surface area contributed by atoms with Gasteiger partial charge in [0.15, 0.2) is 5.82 Å². The molecule has 1 fully saturated rings. The predicted molar refractivity (Wildman–Crippen MR) is 88.6 cm³/mol. The number of sulfonamides is 1. The number of piperazine rings is 1. The normalized spacial score (nSPS) is 16.9. The average molecular weight is 338 g/mol. The molecule has 0 bridgehead atoms. The van der Waals surface area contributed by atoms with Crippen LogP contribution >= 0.6 is 11.5 Å². The zero-order valence-corrected chi connectivity index (χ0v) is 14.0. The molecule has 0 amide bonds. The van der Waals surface area contributed by atoms with Crippen molar-refractivity contribution < 1.29 is 8.42 Å². The van der Waals surface area contributed by atoms with E-state index >= 15 is 0 Å². The van der Waals surface area contributed by atoms with Crippen LogP contribution in [-0.2, 0) is 10.0 Å². The maximum atomic E-state index is 11.9. The molecule has 1 aliphatic heterocycles. The van der Waals surface area contributed by atoms with Gasteiger partial charge in [-0.3, -0.25) is 0 Å². The fraction of sp³-hybridized carbons (Fsp3) is 0.429. The van der Waals surface area contributed by atoms with E-state index in [1.54, 1.807) is 11.2 Å². The topological polar surface area (TPSA) is 66.4 Å². The summed E-state index contributed by atoms with van der Waals surface area (Å²) < 4.78 is 29.7. The van der Waals surface area contributed by atoms with Gasteiger partial charge in [-0.15, -0.1) is 0 Å². The zero-order chi connectivity index (χ0) is 15.6. The van der Waals surface area contributed by atoms with Crippen molar-refractivity contribution in [2.24, 2.45) is 0 Å². The number of benzene rings is 1. The first-order valence-electron chi connectivity index (χ1n) is 7.22. The van der Waals surface area contributed by atoms with Gasteiger partial charge in [0.05, 0.1) is 5.75 Å². The molecular formula is C14H18N4O2S2. The Hall–Kier alpha value is -1.51. The molecule has 0 radical (unpaired) electrons. The number of hydrogen-bond acceptors (Lipinski definition) is 6. The lowest BCUT2D eigenvalue weighted by molar-refractivity contribution is 0.385. The number of anilines is 1. The molecule has 22 heavy (non-hydrogen) atoms. The Kier molecular flexibility index (Phi) is 4.42. The van der Waals surface area contributed by atoms with Crippen molar-refractivity contribution >= 4 is 26.7 Å². The third-order valence-corrected chi connectivity index (χ3v) is 6.37. The van der Waals surface area contributed by atoms with Crippen LogP contribution in [0.15, 0.2) is 30.3 Å². The third kappa shape index (κ3) is 3.13. The lowest BCUT2D eigenvalue weighted by Crippen LogP contribution is -2.49. The number of hydrogen-bond donors (Lipinski definition) is 0. The fourth-order valence-corrected chi connectivity index (χ4v) is 4.21. The van der Waals surface area contributed by atoms with E-state index in [-0.39, 0.29) is 5.75 Å². The van der Waals surface area contributed by atoms with Crippen LogP contribution in [0.1, 0.15) is 6.92 Å². The van der Waals surface area contributed by atoms with Crippen molar-refractivity contribution in [1.82, 2.24) is 13.7 Å². The van der Waals surface area contributed by atoms with Crippen LogP contribution in [0.4, 0.5) is 5.13 Å². The van der Waals surface area contributed by atoms with Crippen LogP contribution in [0.3, 0.4) is 0 Å². The zero-order valence-electron chi connectivity index (χ0n) is 12.3. The highest BCUT2D eigenvalue weighted by Crippen LogP contribution is 2.25. The van der Waals surface area contributed by atoms with E-state index in [9.17, 15) is 8.42 Å². The summed E-state index contributed by atoms with van der Waals surface area (Å²) in [7, 11) is -3.09. The van der Waals surface area contributed by atoms with Crippen molar-refractivity contribution in [1.29, 1.82) is 0 Å². The molecule has 1 aromatic heterocycles. The van der Waals surface area contributed by atoms with E-state index in [4.69, 9.17) is 0 Å². The molecule has 1 aromatic carbocycles. The van der Waals surface area contributed by atoms with Crippen LogP contribution in [0.2, 0.25) is 0 Å². The molecule has 8 heteroatoms. The van der Waals surface area contributed by atoms with Gasteiger partial charge in [0.25, 0.3) is 0 Å². The van der Waals surface area contributed by atoms with Crippen LogP contribution in [0.25, 0.3) is 11.4 Å². The summed E-state index contributed by atoms with van der Waals surface area (Å²) in [5.41, 5.74) is 0.997. The summed E-state index contributed by atoms with van der Waals surface area (Å²) >= 11 is 1.36. The van der Waals surface area contributed by atoms with E-state index in [0.717, 1.165) is 16.5 Å². The van der Waals surface area contributed by atoms with Crippen molar-refractivity contribution in [3.8, 4) is 11.4 Å². The summed E-state index contributed by atoms with van der Waals surface area (Å²) in [6.07, 6.45) is 0. The van der Waals surface area contributed by atoms with E-state index in [2.05, 4.69) is 14.3 Å². The van der Waals surface area contributed by atoms with Crippen molar-refractivity contribution in [2.75, 3.05) is 36.8 Å². The average Bonchev–Trinajstić information content (AvgIpc) is 3.06. The SMILES string of the molecule is CCS(=O)(=O)N1CCN(c2nc(-c3ccccc3)ns2)CC1. The lowest BCUT2D eigenvalue weighted by Gasteiger charge is -2.33. The molecule has 0 saturated carbocycles. The smallest absolute Gasteiger partial charge is 0.213 e. The fourth-order valence-electron chi connectivity index (χ4n) is 2.39. The first-order chi connectivity index (χ1) is 10.6. The summed E-state index contributed by atoms with van der Waals surface area (Å²) in [5.74, 6) is 0.883. The van der Waals surface area contributed by atoms with Gasteiger partial charge in [-0.2, -0.15) is 13.7 Å². The molecule has 3 rings (SSSR count). The molecular weight excluding hydrogens is 320 g/mol. The molecule has 1 aliphatic rings. The van der Waals surface area contributed by atoms with Crippen molar-refractivity contribution in [2.45, 2.75) is 6.92 Å². The molecule has 0 unspecified atom stereocenters. The molecule has 2 heterocycles. The molecule has 0 N–H and O–H groups in total. The Bertz CT molecular complexity index is 722. The Labute approximate surface area is 134 Å². The minimum atomic E-state index is -3.09. The predicted octanol–water partition coefficient (Wildman–Crippen LogP) is 1.68. The Morgan fingerprint density at radius 2 is 1.82 bits per heavy atom. The Morgan fingerprint density at radius 3 is 2.45 bits per heavy atom. The summed E-state index contributed by atoms with van der Waals surface area (Å²) in [6.45, 7) is 4.01. The van der Waals surface area contributed by atoms with Gasteiger partial charge in [-0.25, -0.2) is 8.42 Å². The number of rotatable bonds is 4. The van der Waals surface area contributed by atoms with Crippen LogP contribution in [0.5, 0.6) is 0 Å². The van der Waals surface area contributed by atoms with Gasteiger partial charge < -0.3 is 4.90 Å². The Morgan fingerprint density at radius 1 is 1.14 bits per heavy atom. The van der Waals surface area contributed by atoms with Crippen molar-refractivity contribution in [3.63, 3.8) is 0 Å². The second-order valence-corrected chi connectivity index (χ2v) is 8.04. The van der Waals surface area contributed by atoms with Gasteiger partial charge in [-0.05, 0) is 6.92 Å². The van der Waals surface area contributed by atoms with Crippen LogP contribution in [-0.4, -0.2) is 54.0 Å². The van der Waals surface area contributed by atoms with Gasteiger partial charge in [0, 0.05) is 43.3 Å². The molecule has 1 saturated heterocycles. The summed E-state index contributed by atoms with van der Waals surface area (Å²) in [6, 6.07) is 9.86. The second-order valence-electron chi connectivity index (χ2n) is 5.05. The number of nitrogens with zero attached hydrogens (tertiary/aromatic N) is 4. The minimum Gasteiger partial charge on any atom is -0.344 e. The minimum absolute atomic E-state index is 0.157. The van der Waals surface area contributed by atoms with Crippen LogP contribution < -0.4 is 4.90 Å². The molecule has 118 valence electrons. The summed E-state index contributed by atoms with van der Waals surface area (Å²) in [4.78, 5) is 6.68. The molecule has 0 aliphatic carbocycles. The quantitative estimate of drug-likeness (QED) is 0.848. The third-order valence-electron chi connectivity index (χ3n) is 3.71. The highest BCUT2D eigenvalue weighted by molar-refractivity contribution is 7.89. The van der Waals surface area contributed by atoms with Crippen molar-refractivity contribution in [3.05, 3.63) is 30.3 Å². The van der Waals surface area contributed by atoms with Gasteiger partial charge >= 0.3 is 0 Å². The van der Waals surface area contributed by atoms with E-state index in [0.29, 0.717) is 26.2 Å². The first-order valence-corrected chi connectivity index (χ1v) is 9.60. The van der Waals surface area contributed by atoms with Gasteiger partial charge in [-0.1, -0.05) is 30.3 Å². The highest BCUT2D eigenvalue weighted by Gasteiger charge is 2.26. The number of aromatic nitrogens is 2. The largest absolute Gasteiger partial charge is 0.344 e. The van der Waals surface area contributed by atoms with Gasteiger partial charge in [0.2, 0.25) is 15.2 Å².